The van der Waals surface area contributed by atoms with Gasteiger partial charge in [0, 0.05) is 62.6 Å². The predicted octanol–water partition coefficient (Wildman–Crippen LogP) is 8.34. The van der Waals surface area contributed by atoms with Gasteiger partial charge < -0.3 is 28.9 Å². The SMILES string of the molecule is [C-]#[N+]/C(C(=O)OCC(COC(=O)/C(C#N)=C1\CC(C)(C)CC(N2CCCC2)=C1S(=O)(=O)C(F)(F)F)COC(=O)/C(C#N)=C1\CC(C)(C)CC(N2CCCC2)=C1S(=O)(=O)C(F)(F)F)=C1/CC(C)(C)CC(N2CCCC2)=C1S(C)(=O)=O. The van der Waals surface area contributed by atoms with Crippen LogP contribution in [0, 0.1) is 51.4 Å². The summed E-state index contributed by atoms with van der Waals surface area (Å²) >= 11 is 0. The van der Waals surface area contributed by atoms with E-state index < -0.39 is 151 Å². The molecule has 6 aliphatic rings. The van der Waals surface area contributed by atoms with E-state index in [9.17, 15) is 76.5 Å². The Bertz CT molecular complexity index is 3060. The van der Waals surface area contributed by atoms with Gasteiger partial charge >= 0.3 is 28.9 Å². The molecular weight excluding hydrogens is 1110 g/mol. The van der Waals surface area contributed by atoms with Gasteiger partial charge in [0.25, 0.3) is 25.4 Å². The van der Waals surface area contributed by atoms with Gasteiger partial charge in [0.15, 0.2) is 9.84 Å². The minimum absolute atomic E-state index is 0.0943. The molecule has 27 heteroatoms. The lowest BCUT2D eigenvalue weighted by molar-refractivity contribution is -0.148. The standard InChI is InChI=1S/C52H64F6N6O12S3/c1-48(2)21-33(43(78(70,71)51(53,54)55)39(25-48)63-17-11-12-18-63)36(27-59)45(65)74-29-32(31-76-47(67)41(61-7)35-23-50(5,6)24-38(42(35)77(8,68)69)62-15-9-10-16-62)30-75-46(66)37(28-60)34-22-49(3,4)26-40(64-19-13-14-20-64)44(34)79(72,73)52(56,57)58/h32H,9-26,29-31H2,1-6,8H3/b36-33+,37-34+,41-35-. The van der Waals surface area contributed by atoms with Gasteiger partial charge in [0.1, 0.15) is 46.3 Å². The zero-order valence-electron chi connectivity index (χ0n) is 45.0. The van der Waals surface area contributed by atoms with Crippen molar-refractivity contribution >= 4 is 47.4 Å². The van der Waals surface area contributed by atoms with Crippen molar-refractivity contribution < 1.29 is 80.2 Å². The molecular formula is C52H64F6N6O12S3. The van der Waals surface area contributed by atoms with E-state index in [1.165, 1.54) is 21.9 Å². The first-order valence-corrected chi connectivity index (χ1v) is 30.4. The molecule has 0 aromatic rings. The van der Waals surface area contributed by atoms with Crippen molar-refractivity contribution in [2.24, 2.45) is 22.2 Å². The van der Waals surface area contributed by atoms with E-state index in [1.807, 2.05) is 4.90 Å². The second-order valence-electron chi connectivity index (χ2n) is 23.2. The highest BCUT2D eigenvalue weighted by Gasteiger charge is 2.55. The fraction of sp³-hybridized carbons (Fsp3) is 0.654. The summed E-state index contributed by atoms with van der Waals surface area (Å²) in [5.74, 6) is -6.41. The molecule has 0 N–H and O–H groups in total. The molecule has 79 heavy (non-hydrogen) atoms. The molecule has 3 fully saturated rings. The number of rotatable bonds is 15. The van der Waals surface area contributed by atoms with Crippen molar-refractivity contribution in [3.8, 4) is 12.1 Å². The van der Waals surface area contributed by atoms with Crippen LogP contribution in [-0.2, 0) is 58.1 Å². The Morgan fingerprint density at radius 3 is 1.11 bits per heavy atom. The fourth-order valence-corrected chi connectivity index (χ4v) is 15.0. The van der Waals surface area contributed by atoms with Crippen LogP contribution in [0.4, 0.5) is 26.3 Å². The lowest BCUT2D eigenvalue weighted by Gasteiger charge is -2.39. The van der Waals surface area contributed by atoms with E-state index in [2.05, 4.69) is 4.85 Å². The van der Waals surface area contributed by atoms with E-state index in [0.29, 0.717) is 44.5 Å². The normalized spacial score (nSPS) is 23.1. The summed E-state index contributed by atoms with van der Waals surface area (Å²) in [4.78, 5) is 47.8. The third-order valence-electron chi connectivity index (χ3n) is 14.7. The summed E-state index contributed by atoms with van der Waals surface area (Å²) in [5.41, 5.74) is -19.5. The number of alkyl halides is 6. The topological polar surface area (TPSA) is 243 Å². The molecule has 3 aliphatic heterocycles. The van der Waals surface area contributed by atoms with Crippen LogP contribution in [-0.4, -0.2) is 134 Å². The second-order valence-corrected chi connectivity index (χ2v) is 28.9. The predicted molar refractivity (Wildman–Crippen MR) is 273 cm³/mol. The molecule has 0 radical (unpaired) electrons. The van der Waals surface area contributed by atoms with E-state index >= 15 is 0 Å². The van der Waals surface area contributed by atoms with Crippen LogP contribution in [0.1, 0.15) is 119 Å². The first kappa shape index (κ1) is 62.3. The number of carbonyl (C=O) groups excluding carboxylic acids is 3. The molecule has 18 nitrogen and oxygen atoms in total. The number of hydrogen-bond acceptors (Lipinski definition) is 17. The number of halogens is 6. The lowest BCUT2D eigenvalue weighted by atomic mass is 9.75. The summed E-state index contributed by atoms with van der Waals surface area (Å²) in [5, 5.41) is 20.9. The number of hydrogen-bond donors (Lipinski definition) is 0. The number of esters is 3. The van der Waals surface area contributed by atoms with E-state index in [4.69, 9.17) is 20.8 Å². The highest BCUT2D eigenvalue weighted by Crippen LogP contribution is 2.52. The van der Waals surface area contributed by atoms with Crippen molar-refractivity contribution in [3.63, 3.8) is 0 Å². The number of nitriles is 2. The Kier molecular flexibility index (Phi) is 18.1. The molecule has 3 heterocycles. The van der Waals surface area contributed by atoms with Crippen LogP contribution in [0.2, 0.25) is 0 Å². The lowest BCUT2D eigenvalue weighted by Crippen LogP contribution is -2.37. The zero-order chi connectivity index (χ0) is 59.1. The van der Waals surface area contributed by atoms with Gasteiger partial charge in [-0.15, -0.1) is 0 Å². The highest BCUT2D eigenvalue weighted by atomic mass is 32.2. The van der Waals surface area contributed by atoms with Gasteiger partial charge in [-0.05, 0) is 110 Å². The molecule has 0 bridgehead atoms. The van der Waals surface area contributed by atoms with E-state index in [1.54, 1.807) is 41.5 Å². The number of carbonyl (C=O) groups is 3. The van der Waals surface area contributed by atoms with E-state index in [-0.39, 0.29) is 73.7 Å². The third kappa shape index (κ3) is 13.5. The number of ether oxygens (including phenoxy) is 3. The molecule has 434 valence electrons. The van der Waals surface area contributed by atoms with Crippen LogP contribution in [0.3, 0.4) is 0 Å². The average Bonchev–Trinajstić information content (AvgIpc) is 4.19. The van der Waals surface area contributed by atoms with Crippen LogP contribution < -0.4 is 0 Å². The van der Waals surface area contributed by atoms with Gasteiger partial charge in [0.05, 0.1) is 24.0 Å². The number of allylic oxidation sites excluding steroid dienone is 6. The largest absolute Gasteiger partial charge is 0.501 e. The Balaban J connectivity index is 1.44. The number of sulfone groups is 3. The molecule has 0 saturated carbocycles. The van der Waals surface area contributed by atoms with Crippen LogP contribution in [0.5, 0.6) is 0 Å². The molecule has 0 amide bonds. The molecule has 3 aliphatic carbocycles. The summed E-state index contributed by atoms with van der Waals surface area (Å²) in [6, 6.07) is 2.99. The summed E-state index contributed by atoms with van der Waals surface area (Å²) in [7, 11) is -16.6. The monoisotopic (exact) mass is 1170 g/mol. The Morgan fingerprint density at radius 1 is 0.544 bits per heavy atom. The van der Waals surface area contributed by atoms with Crippen LogP contribution >= 0.6 is 0 Å². The molecule has 0 aromatic heterocycles. The summed E-state index contributed by atoms with van der Waals surface area (Å²) in [6.45, 7) is 16.6. The number of likely N-dealkylation sites (tertiary alicyclic amines) is 3. The molecule has 6 rings (SSSR count). The second kappa shape index (κ2) is 23.0. The van der Waals surface area contributed by atoms with Crippen molar-refractivity contribution in [3.05, 3.63) is 76.8 Å². The molecule has 0 spiro atoms. The minimum atomic E-state index is -6.25. The minimum Gasteiger partial charge on any atom is -0.470 e. The summed E-state index contributed by atoms with van der Waals surface area (Å²) in [6.07, 6.45) is 3.16. The highest BCUT2D eigenvalue weighted by molar-refractivity contribution is 7.96. The number of nitrogens with zero attached hydrogens (tertiary/aromatic N) is 6. The van der Waals surface area contributed by atoms with Crippen LogP contribution in [0.15, 0.2) is 65.4 Å². The van der Waals surface area contributed by atoms with Gasteiger partial charge in [-0.2, -0.15) is 36.9 Å². The molecule has 0 aromatic carbocycles. The quantitative estimate of drug-likeness (QED) is 0.0373. The van der Waals surface area contributed by atoms with Gasteiger partial charge in [-0.1, -0.05) is 41.5 Å². The first-order chi connectivity index (χ1) is 36.4. The van der Waals surface area contributed by atoms with E-state index in [0.717, 1.165) is 19.1 Å². The van der Waals surface area contributed by atoms with Crippen LogP contribution in [0.25, 0.3) is 4.85 Å². The summed E-state index contributed by atoms with van der Waals surface area (Å²) < 4.78 is 184. The average molecular weight is 1180 g/mol. The Hall–Kier alpha value is -5.85. The maximum atomic E-state index is 14.5. The van der Waals surface area contributed by atoms with Crippen molar-refractivity contribution in [2.75, 3.05) is 65.3 Å². The zero-order valence-corrected chi connectivity index (χ0v) is 47.5. The van der Waals surface area contributed by atoms with Crippen molar-refractivity contribution in [2.45, 2.75) is 130 Å². The van der Waals surface area contributed by atoms with Gasteiger partial charge in [0.2, 0.25) is 0 Å². The smallest absolute Gasteiger partial charge is 0.470 e. The Labute approximate surface area is 457 Å². The van der Waals surface area contributed by atoms with Gasteiger partial charge in [-0.25, -0.2) is 39.7 Å². The first-order valence-electron chi connectivity index (χ1n) is 25.6. The van der Waals surface area contributed by atoms with Crippen molar-refractivity contribution in [1.29, 1.82) is 10.5 Å². The maximum absolute atomic E-state index is 14.5. The Morgan fingerprint density at radius 2 is 0.835 bits per heavy atom. The molecule has 3 saturated heterocycles. The molecule has 0 atom stereocenters. The molecule has 0 unspecified atom stereocenters. The fourth-order valence-electron chi connectivity index (χ4n) is 11.3. The van der Waals surface area contributed by atoms with Gasteiger partial charge in [-0.3, -0.25) is 4.79 Å². The van der Waals surface area contributed by atoms with Crippen molar-refractivity contribution in [1.82, 2.24) is 14.7 Å². The maximum Gasteiger partial charge on any atom is 0.501 e. The third-order valence-corrected chi connectivity index (χ3v) is 19.2.